The molecule has 3 nitrogen and oxygen atoms in total. The molecular weight excluding hydrogens is 296 g/mol. The van der Waals surface area contributed by atoms with Crippen LogP contribution in [0.5, 0.6) is 0 Å². The summed E-state index contributed by atoms with van der Waals surface area (Å²) in [4.78, 5) is 12.0. The molecule has 1 amide bonds. The van der Waals surface area contributed by atoms with E-state index in [1.54, 1.807) is 18.2 Å². The highest BCUT2D eigenvalue weighted by Crippen LogP contribution is 2.22. The summed E-state index contributed by atoms with van der Waals surface area (Å²) in [5.74, 6) is -0.247. The van der Waals surface area contributed by atoms with Gasteiger partial charge in [0.05, 0.1) is 6.21 Å². The molecule has 0 aliphatic heterocycles. The summed E-state index contributed by atoms with van der Waals surface area (Å²) in [6.45, 7) is 6.40. The Labute approximate surface area is 136 Å². The molecule has 0 atom stereocenters. The van der Waals surface area contributed by atoms with Crippen LogP contribution in [0, 0.1) is 0 Å². The molecule has 22 heavy (non-hydrogen) atoms. The number of halogens is 1. The van der Waals surface area contributed by atoms with Gasteiger partial charge in [0.25, 0.3) is 5.91 Å². The van der Waals surface area contributed by atoms with Gasteiger partial charge in [-0.15, -0.1) is 0 Å². The summed E-state index contributed by atoms with van der Waals surface area (Å²) in [6, 6.07) is 14.8. The standard InChI is InChI=1S/C18H19ClN2O/c1-18(2,3)15-10-8-13(9-11-15)17(22)21-20-12-14-6-4-5-7-16(14)19/h4-12H,1-3H3,(H,21,22). The second kappa shape index (κ2) is 6.75. The lowest BCUT2D eigenvalue weighted by Gasteiger charge is -2.18. The highest BCUT2D eigenvalue weighted by Gasteiger charge is 2.14. The lowest BCUT2D eigenvalue weighted by molar-refractivity contribution is 0.0955. The molecule has 0 aromatic heterocycles. The highest BCUT2D eigenvalue weighted by molar-refractivity contribution is 6.33. The van der Waals surface area contributed by atoms with Gasteiger partial charge in [0.15, 0.2) is 0 Å². The number of benzene rings is 2. The molecule has 2 rings (SSSR count). The summed E-state index contributed by atoms with van der Waals surface area (Å²) in [7, 11) is 0. The molecule has 0 aliphatic rings. The number of rotatable bonds is 3. The van der Waals surface area contributed by atoms with E-state index in [0.29, 0.717) is 10.6 Å². The fourth-order valence-corrected chi connectivity index (χ4v) is 2.11. The summed E-state index contributed by atoms with van der Waals surface area (Å²) < 4.78 is 0. The number of carbonyl (C=O) groups excluding carboxylic acids is 1. The first-order valence-corrected chi connectivity index (χ1v) is 7.44. The van der Waals surface area contributed by atoms with E-state index in [4.69, 9.17) is 11.6 Å². The third-order valence-electron chi connectivity index (χ3n) is 3.29. The largest absolute Gasteiger partial charge is 0.271 e. The first kappa shape index (κ1) is 16.2. The maximum atomic E-state index is 12.0. The first-order chi connectivity index (χ1) is 10.4. The molecule has 0 saturated heterocycles. The molecule has 2 aromatic rings. The van der Waals surface area contributed by atoms with Crippen molar-refractivity contribution >= 4 is 23.7 Å². The van der Waals surface area contributed by atoms with Gasteiger partial charge < -0.3 is 0 Å². The monoisotopic (exact) mass is 314 g/mol. The van der Waals surface area contributed by atoms with Crippen LogP contribution in [0.4, 0.5) is 0 Å². The molecule has 114 valence electrons. The number of hydrogen-bond donors (Lipinski definition) is 1. The normalized spacial score (nSPS) is 11.6. The molecular formula is C18H19ClN2O. The Morgan fingerprint density at radius 3 is 2.32 bits per heavy atom. The zero-order valence-corrected chi connectivity index (χ0v) is 13.7. The van der Waals surface area contributed by atoms with E-state index in [1.165, 1.54) is 11.8 Å². The molecule has 0 bridgehead atoms. The van der Waals surface area contributed by atoms with Crippen molar-refractivity contribution in [2.24, 2.45) is 5.10 Å². The van der Waals surface area contributed by atoms with E-state index in [2.05, 4.69) is 31.3 Å². The average Bonchev–Trinajstić information content (AvgIpc) is 2.48. The van der Waals surface area contributed by atoms with Crippen molar-refractivity contribution < 1.29 is 4.79 Å². The molecule has 0 spiro atoms. The molecule has 0 saturated carbocycles. The van der Waals surface area contributed by atoms with Crippen LogP contribution in [0.1, 0.15) is 42.3 Å². The summed E-state index contributed by atoms with van der Waals surface area (Å²) in [6.07, 6.45) is 1.53. The van der Waals surface area contributed by atoms with Crippen LogP contribution in [0.2, 0.25) is 5.02 Å². The number of carbonyl (C=O) groups is 1. The van der Waals surface area contributed by atoms with Crippen molar-refractivity contribution in [1.29, 1.82) is 0 Å². The topological polar surface area (TPSA) is 41.5 Å². The Hall–Kier alpha value is -2.13. The Morgan fingerprint density at radius 1 is 1.09 bits per heavy atom. The van der Waals surface area contributed by atoms with E-state index < -0.39 is 0 Å². The second-order valence-electron chi connectivity index (χ2n) is 6.05. The SMILES string of the molecule is CC(C)(C)c1ccc(C(=O)NN=Cc2ccccc2Cl)cc1. The fourth-order valence-electron chi connectivity index (χ4n) is 1.93. The average molecular weight is 315 g/mol. The lowest BCUT2D eigenvalue weighted by Crippen LogP contribution is -2.18. The second-order valence-corrected chi connectivity index (χ2v) is 6.46. The minimum Gasteiger partial charge on any atom is -0.267 e. The fraction of sp³-hybridized carbons (Fsp3) is 0.222. The van der Waals surface area contributed by atoms with E-state index >= 15 is 0 Å². The molecule has 0 radical (unpaired) electrons. The van der Waals surface area contributed by atoms with Crippen molar-refractivity contribution in [2.75, 3.05) is 0 Å². The van der Waals surface area contributed by atoms with Gasteiger partial charge >= 0.3 is 0 Å². The molecule has 0 aliphatic carbocycles. The molecule has 0 heterocycles. The van der Waals surface area contributed by atoms with Crippen molar-refractivity contribution in [3.8, 4) is 0 Å². The van der Waals surface area contributed by atoms with Crippen LogP contribution in [0.3, 0.4) is 0 Å². The first-order valence-electron chi connectivity index (χ1n) is 7.06. The van der Waals surface area contributed by atoms with Gasteiger partial charge in [0.2, 0.25) is 0 Å². The van der Waals surface area contributed by atoms with Crippen LogP contribution >= 0.6 is 11.6 Å². The van der Waals surface area contributed by atoms with Gasteiger partial charge in [-0.1, -0.05) is 62.7 Å². The van der Waals surface area contributed by atoms with Gasteiger partial charge in [-0.2, -0.15) is 5.10 Å². The minimum absolute atomic E-state index is 0.0667. The Balaban J connectivity index is 2.02. The number of amides is 1. The summed E-state index contributed by atoms with van der Waals surface area (Å²) in [5.41, 5.74) is 5.09. The van der Waals surface area contributed by atoms with Gasteiger partial charge in [-0.25, -0.2) is 5.43 Å². The predicted molar refractivity (Wildman–Crippen MR) is 91.7 cm³/mol. The molecule has 0 unspecified atom stereocenters. The van der Waals surface area contributed by atoms with E-state index in [9.17, 15) is 4.79 Å². The maximum Gasteiger partial charge on any atom is 0.271 e. The lowest BCUT2D eigenvalue weighted by atomic mass is 9.87. The predicted octanol–water partition coefficient (Wildman–Crippen LogP) is 4.40. The number of hydrazone groups is 1. The Kier molecular flexibility index (Phi) is 4.99. The Bertz CT molecular complexity index is 685. The molecule has 0 fully saturated rings. The molecule has 4 heteroatoms. The van der Waals surface area contributed by atoms with Gasteiger partial charge in [0.1, 0.15) is 0 Å². The van der Waals surface area contributed by atoms with Crippen LogP contribution in [0.15, 0.2) is 53.6 Å². The van der Waals surface area contributed by atoms with Crippen LogP contribution in [0.25, 0.3) is 0 Å². The minimum atomic E-state index is -0.247. The maximum absolute atomic E-state index is 12.0. The zero-order valence-electron chi connectivity index (χ0n) is 12.9. The number of nitrogens with one attached hydrogen (secondary N) is 1. The number of hydrogen-bond acceptors (Lipinski definition) is 2. The summed E-state index contributed by atoms with van der Waals surface area (Å²) >= 11 is 6.01. The Morgan fingerprint density at radius 2 is 1.73 bits per heavy atom. The van der Waals surface area contributed by atoms with Crippen molar-refractivity contribution in [2.45, 2.75) is 26.2 Å². The highest BCUT2D eigenvalue weighted by atomic mass is 35.5. The van der Waals surface area contributed by atoms with Crippen molar-refractivity contribution in [3.63, 3.8) is 0 Å². The van der Waals surface area contributed by atoms with Gasteiger partial charge in [-0.3, -0.25) is 4.79 Å². The van der Waals surface area contributed by atoms with Crippen LogP contribution in [-0.4, -0.2) is 12.1 Å². The molecule has 1 N–H and O–H groups in total. The number of nitrogens with zero attached hydrogens (tertiary/aromatic N) is 1. The van der Waals surface area contributed by atoms with Crippen molar-refractivity contribution in [3.05, 3.63) is 70.2 Å². The van der Waals surface area contributed by atoms with Gasteiger partial charge in [-0.05, 0) is 29.2 Å². The van der Waals surface area contributed by atoms with Crippen LogP contribution < -0.4 is 5.43 Å². The van der Waals surface area contributed by atoms with Crippen LogP contribution in [-0.2, 0) is 5.41 Å². The zero-order chi connectivity index (χ0) is 16.2. The third kappa shape index (κ3) is 4.18. The van der Waals surface area contributed by atoms with E-state index in [0.717, 1.165) is 5.56 Å². The quantitative estimate of drug-likeness (QED) is 0.662. The smallest absolute Gasteiger partial charge is 0.267 e. The van der Waals surface area contributed by atoms with Gasteiger partial charge in [0, 0.05) is 16.1 Å². The summed E-state index contributed by atoms with van der Waals surface area (Å²) in [5, 5.41) is 4.53. The third-order valence-corrected chi connectivity index (χ3v) is 3.63. The molecule has 2 aromatic carbocycles. The van der Waals surface area contributed by atoms with Crippen molar-refractivity contribution in [1.82, 2.24) is 5.43 Å². The van der Waals surface area contributed by atoms with E-state index in [1.807, 2.05) is 30.3 Å². The van der Waals surface area contributed by atoms with E-state index in [-0.39, 0.29) is 11.3 Å².